The van der Waals surface area contributed by atoms with E-state index in [0.29, 0.717) is 12.0 Å². The van der Waals surface area contributed by atoms with Gasteiger partial charge in [-0.3, -0.25) is 4.79 Å². The third-order valence-corrected chi connectivity index (χ3v) is 4.10. The van der Waals surface area contributed by atoms with E-state index in [0.717, 1.165) is 31.2 Å². The van der Waals surface area contributed by atoms with Crippen LogP contribution in [0.3, 0.4) is 0 Å². The molecule has 0 fully saturated rings. The second-order valence-electron chi connectivity index (χ2n) is 5.49. The Balaban J connectivity index is 0.00000112. The molecular formula is C21H35NO. The van der Waals surface area contributed by atoms with E-state index >= 15 is 0 Å². The van der Waals surface area contributed by atoms with Crippen LogP contribution in [0.15, 0.2) is 35.9 Å². The van der Waals surface area contributed by atoms with Gasteiger partial charge in [0.2, 0.25) is 0 Å². The highest BCUT2D eigenvalue weighted by atomic mass is 16.1. The van der Waals surface area contributed by atoms with Crippen LogP contribution in [0.2, 0.25) is 0 Å². The second kappa shape index (κ2) is 12.1. The minimum Gasteiger partial charge on any atom is -0.328 e. The van der Waals surface area contributed by atoms with Crippen LogP contribution < -0.4 is 5.73 Å². The topological polar surface area (TPSA) is 43.1 Å². The average Bonchev–Trinajstić information content (AvgIpc) is 2.61. The summed E-state index contributed by atoms with van der Waals surface area (Å²) in [6.45, 7) is 12.2. The predicted octanol–water partition coefficient (Wildman–Crippen LogP) is 5.87. The Morgan fingerprint density at radius 1 is 1.13 bits per heavy atom. The number of hydrogen-bond acceptors (Lipinski definition) is 2. The normalized spacial score (nSPS) is 16.9. The number of rotatable bonds is 5. The highest BCUT2D eigenvalue weighted by Crippen LogP contribution is 2.35. The van der Waals surface area contributed by atoms with Gasteiger partial charge in [-0.15, -0.1) is 0 Å². The average molecular weight is 318 g/mol. The molecule has 2 nitrogen and oxygen atoms in total. The van der Waals surface area contributed by atoms with E-state index in [9.17, 15) is 4.79 Å². The van der Waals surface area contributed by atoms with Crippen molar-refractivity contribution in [2.45, 2.75) is 79.2 Å². The van der Waals surface area contributed by atoms with E-state index in [4.69, 9.17) is 5.73 Å². The van der Waals surface area contributed by atoms with Crippen molar-refractivity contribution in [3.8, 4) is 0 Å². The molecule has 130 valence electrons. The minimum atomic E-state index is 0.148. The smallest absolute Gasteiger partial charge is 0.186 e. The Bertz CT molecular complexity index is 490. The van der Waals surface area contributed by atoms with Crippen LogP contribution >= 0.6 is 0 Å². The number of carbonyl (C=O) groups is 1. The lowest BCUT2D eigenvalue weighted by Gasteiger charge is -2.25. The molecule has 0 saturated heterocycles. The molecule has 1 aromatic rings. The van der Waals surface area contributed by atoms with Crippen molar-refractivity contribution in [3.05, 3.63) is 47.0 Å². The van der Waals surface area contributed by atoms with Gasteiger partial charge in [0.05, 0.1) is 0 Å². The number of carbonyl (C=O) groups excluding carboxylic acids is 1. The highest BCUT2D eigenvalue weighted by molar-refractivity contribution is 6.07. The lowest BCUT2D eigenvalue weighted by atomic mass is 9.79. The van der Waals surface area contributed by atoms with Gasteiger partial charge >= 0.3 is 0 Å². The third-order valence-electron chi connectivity index (χ3n) is 4.10. The van der Waals surface area contributed by atoms with Crippen LogP contribution in [0.1, 0.15) is 89.1 Å². The zero-order valence-corrected chi connectivity index (χ0v) is 15.9. The number of ketones is 1. The van der Waals surface area contributed by atoms with Gasteiger partial charge in [0.1, 0.15) is 0 Å². The van der Waals surface area contributed by atoms with Gasteiger partial charge in [0, 0.05) is 17.5 Å². The van der Waals surface area contributed by atoms with Gasteiger partial charge in [-0.25, -0.2) is 0 Å². The summed E-state index contributed by atoms with van der Waals surface area (Å²) in [5.74, 6) is 0.535. The maximum absolute atomic E-state index is 12.0. The summed E-state index contributed by atoms with van der Waals surface area (Å²) in [6, 6.07) is 8.30. The lowest BCUT2D eigenvalue weighted by Crippen LogP contribution is -2.19. The first-order valence-electron chi connectivity index (χ1n) is 9.20. The van der Waals surface area contributed by atoms with Crippen molar-refractivity contribution in [1.29, 1.82) is 0 Å². The fourth-order valence-corrected chi connectivity index (χ4v) is 2.83. The zero-order valence-electron chi connectivity index (χ0n) is 15.9. The molecule has 2 atom stereocenters. The summed E-state index contributed by atoms with van der Waals surface area (Å²) in [4.78, 5) is 12.0. The first-order chi connectivity index (χ1) is 11.1. The Kier molecular flexibility index (Phi) is 11.3. The first-order valence-corrected chi connectivity index (χ1v) is 9.20. The molecule has 0 bridgehead atoms. The molecule has 0 spiro atoms. The van der Waals surface area contributed by atoms with E-state index in [1.165, 1.54) is 11.1 Å². The van der Waals surface area contributed by atoms with Gasteiger partial charge in [-0.1, -0.05) is 70.9 Å². The fraction of sp³-hybridized carbons (Fsp3) is 0.571. The van der Waals surface area contributed by atoms with Crippen LogP contribution in [-0.2, 0) is 0 Å². The van der Waals surface area contributed by atoms with Gasteiger partial charge in [-0.05, 0) is 37.8 Å². The minimum absolute atomic E-state index is 0.148. The van der Waals surface area contributed by atoms with E-state index < -0.39 is 0 Å². The van der Waals surface area contributed by atoms with Crippen LogP contribution in [0, 0.1) is 0 Å². The maximum Gasteiger partial charge on any atom is 0.186 e. The molecule has 0 heterocycles. The Morgan fingerprint density at radius 2 is 1.74 bits per heavy atom. The van der Waals surface area contributed by atoms with Crippen LogP contribution in [-0.4, -0.2) is 11.8 Å². The molecule has 2 unspecified atom stereocenters. The van der Waals surface area contributed by atoms with Crippen LogP contribution in [0.5, 0.6) is 0 Å². The largest absolute Gasteiger partial charge is 0.328 e. The molecule has 0 amide bonds. The molecule has 0 saturated carbocycles. The zero-order chi connectivity index (χ0) is 17.8. The molecule has 1 aliphatic rings. The van der Waals surface area contributed by atoms with E-state index in [1.54, 1.807) is 6.08 Å². The van der Waals surface area contributed by atoms with Crippen molar-refractivity contribution in [2.24, 2.45) is 5.73 Å². The van der Waals surface area contributed by atoms with E-state index in [2.05, 4.69) is 19.9 Å². The van der Waals surface area contributed by atoms with Crippen LogP contribution in [0.25, 0.3) is 0 Å². The molecule has 1 aromatic carbocycles. The van der Waals surface area contributed by atoms with E-state index in [1.807, 2.05) is 45.9 Å². The lowest BCUT2D eigenvalue weighted by molar-refractivity contribution is 0.104. The summed E-state index contributed by atoms with van der Waals surface area (Å²) in [7, 11) is 0. The molecule has 2 heteroatoms. The summed E-state index contributed by atoms with van der Waals surface area (Å²) >= 11 is 0. The molecular weight excluding hydrogens is 282 g/mol. The van der Waals surface area contributed by atoms with Gasteiger partial charge in [0.25, 0.3) is 0 Å². The monoisotopic (exact) mass is 317 g/mol. The number of nitrogens with two attached hydrogens (primary N) is 1. The second-order valence-corrected chi connectivity index (χ2v) is 5.49. The third kappa shape index (κ3) is 6.31. The summed E-state index contributed by atoms with van der Waals surface area (Å²) in [6.07, 6.45) is 6.10. The summed E-state index contributed by atoms with van der Waals surface area (Å²) in [5.41, 5.74) is 9.23. The molecule has 0 radical (unpaired) electrons. The summed E-state index contributed by atoms with van der Waals surface area (Å²) < 4.78 is 0. The van der Waals surface area contributed by atoms with Gasteiger partial charge in [0.15, 0.2) is 5.78 Å². The van der Waals surface area contributed by atoms with Crippen molar-refractivity contribution in [3.63, 3.8) is 0 Å². The molecule has 0 aromatic heterocycles. The molecule has 2 rings (SSSR count). The van der Waals surface area contributed by atoms with Gasteiger partial charge < -0.3 is 5.73 Å². The fourth-order valence-electron chi connectivity index (χ4n) is 2.83. The molecule has 23 heavy (non-hydrogen) atoms. The van der Waals surface area contributed by atoms with Crippen molar-refractivity contribution in [1.82, 2.24) is 0 Å². The standard InChI is InChI=1S/C17H23NO.2C2H6/c1-3-13(18)7-6-10-14-12(2)11-17(19)16-9-5-4-8-15(14)16;2*1-2/h4-5,8-9,11,13-14H,3,6-7,10,18H2,1-2H3;2*1-2H3. The molecule has 1 aliphatic carbocycles. The number of benzene rings is 1. The molecule has 2 N–H and O–H groups in total. The number of fused-ring (bicyclic) bond motifs is 1. The van der Waals surface area contributed by atoms with Crippen molar-refractivity contribution < 1.29 is 4.79 Å². The Hall–Kier alpha value is -1.41. The van der Waals surface area contributed by atoms with Gasteiger partial charge in [-0.2, -0.15) is 0 Å². The van der Waals surface area contributed by atoms with Crippen LogP contribution in [0.4, 0.5) is 0 Å². The maximum atomic E-state index is 12.0. The molecule has 0 aliphatic heterocycles. The van der Waals surface area contributed by atoms with E-state index in [-0.39, 0.29) is 5.78 Å². The Labute approximate surface area is 143 Å². The first kappa shape index (κ1) is 21.6. The predicted molar refractivity (Wildman–Crippen MR) is 102 cm³/mol. The number of hydrogen-bond donors (Lipinski definition) is 1. The Morgan fingerprint density at radius 3 is 2.35 bits per heavy atom. The van der Waals surface area contributed by atoms with Crippen molar-refractivity contribution in [2.75, 3.05) is 0 Å². The quantitative estimate of drug-likeness (QED) is 0.737. The van der Waals surface area contributed by atoms with Crippen molar-refractivity contribution >= 4 is 5.78 Å². The highest BCUT2D eigenvalue weighted by Gasteiger charge is 2.24. The summed E-state index contributed by atoms with van der Waals surface area (Å²) in [5, 5.41) is 0. The number of allylic oxidation sites excluding steroid dienone is 2. The SMILES string of the molecule is CC.CC.CCC(N)CCCC1C(C)=CC(=O)c2ccccc21.